The van der Waals surface area contributed by atoms with E-state index in [1.54, 1.807) is 10.9 Å². The summed E-state index contributed by atoms with van der Waals surface area (Å²) in [5.74, 6) is 1.06. The molecule has 2 aliphatic rings. The SMILES string of the molecule is O[C@@H](CN1CCN(Cc2ccc3c(c2)CCO3)CC1)Cn1cccn1. The highest BCUT2D eigenvalue weighted by Gasteiger charge is 2.20. The van der Waals surface area contributed by atoms with E-state index in [1.165, 1.54) is 11.1 Å². The lowest BCUT2D eigenvalue weighted by molar-refractivity contribution is 0.0605. The third-order valence-corrected chi connectivity index (χ3v) is 5.05. The molecule has 25 heavy (non-hydrogen) atoms. The zero-order valence-corrected chi connectivity index (χ0v) is 14.5. The van der Waals surface area contributed by atoms with Crippen molar-refractivity contribution in [1.82, 2.24) is 19.6 Å². The van der Waals surface area contributed by atoms with Gasteiger partial charge >= 0.3 is 0 Å². The Kier molecular flexibility index (Phi) is 5.01. The van der Waals surface area contributed by atoms with Gasteiger partial charge in [-0.25, -0.2) is 0 Å². The lowest BCUT2D eigenvalue weighted by Crippen LogP contribution is -2.48. The van der Waals surface area contributed by atoms with Crippen molar-refractivity contribution < 1.29 is 9.84 Å². The molecule has 2 aromatic rings. The van der Waals surface area contributed by atoms with Gasteiger partial charge in [-0.2, -0.15) is 5.10 Å². The maximum absolute atomic E-state index is 10.2. The molecule has 6 nitrogen and oxygen atoms in total. The van der Waals surface area contributed by atoms with E-state index in [-0.39, 0.29) is 6.10 Å². The Morgan fingerprint density at radius 3 is 2.76 bits per heavy atom. The molecule has 4 rings (SSSR count). The number of nitrogens with zero attached hydrogens (tertiary/aromatic N) is 4. The smallest absolute Gasteiger partial charge is 0.122 e. The Morgan fingerprint density at radius 2 is 1.96 bits per heavy atom. The van der Waals surface area contributed by atoms with Crippen LogP contribution in [0.2, 0.25) is 0 Å². The van der Waals surface area contributed by atoms with E-state index in [4.69, 9.17) is 4.74 Å². The van der Waals surface area contributed by atoms with Crippen LogP contribution in [0.25, 0.3) is 0 Å². The van der Waals surface area contributed by atoms with E-state index < -0.39 is 0 Å². The largest absolute Gasteiger partial charge is 0.493 e. The Balaban J connectivity index is 1.23. The van der Waals surface area contributed by atoms with Gasteiger partial charge in [0, 0.05) is 58.1 Å². The Labute approximate surface area is 148 Å². The molecule has 1 aromatic heterocycles. The lowest BCUT2D eigenvalue weighted by Gasteiger charge is -2.35. The molecule has 1 saturated heterocycles. The Bertz CT molecular complexity index is 681. The molecular formula is C19H26N4O2. The quantitative estimate of drug-likeness (QED) is 0.849. The number of β-amino-alcohol motifs (C(OH)–C–C–N with tert-alkyl or cyclic N) is 1. The maximum atomic E-state index is 10.2. The summed E-state index contributed by atoms with van der Waals surface area (Å²) in [7, 11) is 0. The van der Waals surface area contributed by atoms with Crippen LogP contribution in [0.3, 0.4) is 0 Å². The second-order valence-corrected chi connectivity index (χ2v) is 7.00. The fourth-order valence-corrected chi connectivity index (χ4v) is 3.71. The highest BCUT2D eigenvalue weighted by atomic mass is 16.5. The number of hydrogen-bond donors (Lipinski definition) is 1. The Hall–Kier alpha value is -1.89. The van der Waals surface area contributed by atoms with Gasteiger partial charge in [-0.05, 0) is 23.3 Å². The van der Waals surface area contributed by atoms with E-state index in [0.717, 1.165) is 51.5 Å². The zero-order valence-electron chi connectivity index (χ0n) is 14.5. The first kappa shape index (κ1) is 16.6. The molecule has 3 heterocycles. The number of rotatable bonds is 6. The summed E-state index contributed by atoms with van der Waals surface area (Å²) in [5, 5.41) is 14.4. The van der Waals surface area contributed by atoms with Crippen LogP contribution in [0.5, 0.6) is 5.75 Å². The predicted octanol–water partition coefficient (Wildman–Crippen LogP) is 0.997. The molecule has 1 fully saturated rings. The van der Waals surface area contributed by atoms with Gasteiger partial charge in [0.2, 0.25) is 0 Å². The van der Waals surface area contributed by atoms with Crippen molar-refractivity contribution in [3.8, 4) is 5.75 Å². The van der Waals surface area contributed by atoms with E-state index in [0.29, 0.717) is 13.1 Å². The first-order valence-corrected chi connectivity index (χ1v) is 9.11. The molecule has 0 saturated carbocycles. The van der Waals surface area contributed by atoms with E-state index in [9.17, 15) is 5.11 Å². The van der Waals surface area contributed by atoms with Crippen molar-refractivity contribution in [2.45, 2.75) is 25.6 Å². The topological polar surface area (TPSA) is 53.8 Å². The number of aliphatic hydroxyl groups is 1. The van der Waals surface area contributed by atoms with E-state index >= 15 is 0 Å². The summed E-state index contributed by atoms with van der Waals surface area (Å²) < 4.78 is 7.37. The summed E-state index contributed by atoms with van der Waals surface area (Å²) in [6.07, 6.45) is 4.30. The number of piperazine rings is 1. The van der Waals surface area contributed by atoms with Crippen LogP contribution in [-0.2, 0) is 19.5 Å². The van der Waals surface area contributed by atoms with Crippen LogP contribution in [0.1, 0.15) is 11.1 Å². The van der Waals surface area contributed by atoms with Gasteiger partial charge in [0.15, 0.2) is 0 Å². The summed E-state index contributed by atoms with van der Waals surface area (Å²) >= 11 is 0. The van der Waals surface area contributed by atoms with Crippen molar-refractivity contribution in [2.24, 2.45) is 0 Å². The van der Waals surface area contributed by atoms with Gasteiger partial charge < -0.3 is 9.84 Å². The minimum atomic E-state index is -0.372. The number of fused-ring (bicyclic) bond motifs is 1. The summed E-state index contributed by atoms with van der Waals surface area (Å²) in [4.78, 5) is 4.84. The first-order chi connectivity index (χ1) is 12.3. The average Bonchev–Trinajstić information content (AvgIpc) is 3.27. The minimum absolute atomic E-state index is 0.372. The molecular weight excluding hydrogens is 316 g/mol. The van der Waals surface area contributed by atoms with Crippen LogP contribution in [-0.4, -0.2) is 70.1 Å². The predicted molar refractivity (Wildman–Crippen MR) is 95.6 cm³/mol. The molecule has 1 aromatic carbocycles. The highest BCUT2D eigenvalue weighted by Crippen LogP contribution is 2.26. The van der Waals surface area contributed by atoms with Crippen molar-refractivity contribution in [1.29, 1.82) is 0 Å². The van der Waals surface area contributed by atoms with Gasteiger partial charge in [-0.1, -0.05) is 12.1 Å². The van der Waals surface area contributed by atoms with Crippen LogP contribution in [0, 0.1) is 0 Å². The zero-order chi connectivity index (χ0) is 17.1. The second kappa shape index (κ2) is 7.56. The van der Waals surface area contributed by atoms with E-state index in [1.807, 2.05) is 12.3 Å². The third-order valence-electron chi connectivity index (χ3n) is 5.05. The summed E-state index contributed by atoms with van der Waals surface area (Å²) in [6, 6.07) is 8.48. The fourth-order valence-electron chi connectivity index (χ4n) is 3.71. The molecule has 0 bridgehead atoms. The monoisotopic (exact) mass is 342 g/mol. The van der Waals surface area contributed by atoms with Crippen LogP contribution in [0.4, 0.5) is 0 Å². The molecule has 0 spiro atoms. The second-order valence-electron chi connectivity index (χ2n) is 7.00. The molecule has 0 radical (unpaired) electrons. The van der Waals surface area contributed by atoms with Crippen LogP contribution < -0.4 is 4.74 Å². The van der Waals surface area contributed by atoms with Crippen molar-refractivity contribution >= 4 is 0 Å². The molecule has 6 heteroatoms. The molecule has 134 valence electrons. The minimum Gasteiger partial charge on any atom is -0.493 e. The Morgan fingerprint density at radius 1 is 1.12 bits per heavy atom. The van der Waals surface area contributed by atoms with E-state index in [2.05, 4.69) is 33.1 Å². The standard InChI is InChI=1S/C19H26N4O2/c24-18(15-23-6-1-5-20-23)14-22-9-7-21(8-10-22)13-16-2-3-19-17(12-16)4-11-25-19/h1-3,5-6,12,18,24H,4,7-11,13-15H2/t18-/m0/s1. The van der Waals surface area contributed by atoms with Gasteiger partial charge in [0.25, 0.3) is 0 Å². The molecule has 0 unspecified atom stereocenters. The molecule has 0 aliphatic carbocycles. The van der Waals surface area contributed by atoms with Crippen LogP contribution in [0.15, 0.2) is 36.7 Å². The lowest BCUT2D eigenvalue weighted by atomic mass is 10.1. The first-order valence-electron chi connectivity index (χ1n) is 9.11. The van der Waals surface area contributed by atoms with Crippen LogP contribution >= 0.6 is 0 Å². The van der Waals surface area contributed by atoms with Crippen molar-refractivity contribution in [3.63, 3.8) is 0 Å². The maximum Gasteiger partial charge on any atom is 0.122 e. The van der Waals surface area contributed by atoms with Gasteiger partial charge in [-0.3, -0.25) is 14.5 Å². The number of hydrogen-bond acceptors (Lipinski definition) is 5. The normalized spacial score (nSPS) is 19.6. The number of benzene rings is 1. The molecule has 0 amide bonds. The van der Waals surface area contributed by atoms with Gasteiger partial charge in [-0.15, -0.1) is 0 Å². The molecule has 1 N–H and O–H groups in total. The van der Waals surface area contributed by atoms with Gasteiger partial charge in [0.1, 0.15) is 5.75 Å². The highest BCUT2D eigenvalue weighted by molar-refractivity contribution is 5.39. The summed E-state index contributed by atoms with van der Waals surface area (Å²) in [5.41, 5.74) is 2.72. The number of ether oxygens (including phenoxy) is 1. The average molecular weight is 342 g/mol. The number of aliphatic hydroxyl groups excluding tert-OH is 1. The summed E-state index contributed by atoms with van der Waals surface area (Å²) in [6.45, 7) is 7.18. The fraction of sp³-hybridized carbons (Fsp3) is 0.526. The van der Waals surface area contributed by atoms with Gasteiger partial charge in [0.05, 0.1) is 19.3 Å². The third kappa shape index (κ3) is 4.21. The molecule has 1 atom stereocenters. The van der Waals surface area contributed by atoms with Crippen molar-refractivity contribution in [2.75, 3.05) is 39.3 Å². The number of aromatic nitrogens is 2. The van der Waals surface area contributed by atoms with Crippen molar-refractivity contribution in [3.05, 3.63) is 47.8 Å². The molecule has 2 aliphatic heterocycles.